The van der Waals surface area contributed by atoms with Crippen molar-refractivity contribution in [3.05, 3.63) is 47.7 Å². The molecule has 1 aliphatic carbocycles. The van der Waals surface area contributed by atoms with Crippen LogP contribution in [0.1, 0.15) is 62.9 Å². The maximum atomic E-state index is 14.0. The molecule has 8 heteroatoms. The lowest BCUT2D eigenvalue weighted by atomic mass is 9.83. The van der Waals surface area contributed by atoms with E-state index in [1.165, 1.54) is 6.42 Å². The zero-order chi connectivity index (χ0) is 25.1. The molecular weight excluding hydrogens is 470 g/mol. The molecule has 7 nitrogen and oxygen atoms in total. The highest BCUT2D eigenvalue weighted by molar-refractivity contribution is 7.18. The molecule has 3 atom stereocenters. The predicted octanol–water partition coefficient (Wildman–Crippen LogP) is 4.69. The summed E-state index contributed by atoms with van der Waals surface area (Å²) in [6.45, 7) is 2.53. The minimum atomic E-state index is -0.477. The fourth-order valence-electron chi connectivity index (χ4n) is 5.59. The van der Waals surface area contributed by atoms with Crippen LogP contribution >= 0.6 is 11.3 Å². The molecule has 2 amide bonds. The van der Waals surface area contributed by atoms with Gasteiger partial charge in [0.2, 0.25) is 11.8 Å². The third kappa shape index (κ3) is 5.02. The SMILES string of the molecule is CN[C@@H](C)C(=O)NC(C(=O)N1CCC[C@H]1c1nc2c(-c3cccnc3)cccc2s1)C1CCCCC1. The van der Waals surface area contributed by atoms with Gasteiger partial charge in [0, 0.05) is 30.1 Å². The molecule has 2 fully saturated rings. The predicted molar refractivity (Wildman–Crippen MR) is 144 cm³/mol. The molecule has 1 aliphatic heterocycles. The summed E-state index contributed by atoms with van der Waals surface area (Å²) in [4.78, 5) is 38.2. The molecule has 1 saturated carbocycles. The fraction of sp³-hybridized carbons (Fsp3) is 0.500. The van der Waals surface area contributed by atoms with E-state index in [9.17, 15) is 9.59 Å². The lowest BCUT2D eigenvalue weighted by molar-refractivity contribution is -0.139. The van der Waals surface area contributed by atoms with Crippen LogP contribution in [0.5, 0.6) is 0 Å². The van der Waals surface area contributed by atoms with E-state index in [4.69, 9.17) is 4.98 Å². The lowest BCUT2D eigenvalue weighted by Crippen LogP contribution is -2.55. The van der Waals surface area contributed by atoms with Crippen LogP contribution in [0, 0.1) is 5.92 Å². The van der Waals surface area contributed by atoms with Gasteiger partial charge in [-0.15, -0.1) is 11.3 Å². The van der Waals surface area contributed by atoms with E-state index >= 15 is 0 Å². The number of rotatable bonds is 7. The summed E-state index contributed by atoms with van der Waals surface area (Å²) in [6, 6.07) is 9.36. The van der Waals surface area contributed by atoms with Gasteiger partial charge < -0.3 is 15.5 Å². The second-order valence-electron chi connectivity index (χ2n) is 10.0. The van der Waals surface area contributed by atoms with Gasteiger partial charge in [-0.1, -0.05) is 37.5 Å². The van der Waals surface area contributed by atoms with Gasteiger partial charge in [-0.2, -0.15) is 0 Å². The molecule has 190 valence electrons. The van der Waals surface area contributed by atoms with Crippen LogP contribution in [0.3, 0.4) is 0 Å². The zero-order valence-electron chi connectivity index (χ0n) is 21.1. The summed E-state index contributed by atoms with van der Waals surface area (Å²) in [5, 5.41) is 7.10. The number of carbonyl (C=O) groups is 2. The van der Waals surface area contributed by atoms with Crippen molar-refractivity contribution in [1.29, 1.82) is 0 Å². The van der Waals surface area contributed by atoms with E-state index in [2.05, 4.69) is 39.9 Å². The number of fused-ring (bicyclic) bond motifs is 1. The largest absolute Gasteiger partial charge is 0.343 e. The first-order chi connectivity index (χ1) is 17.6. The van der Waals surface area contributed by atoms with E-state index in [1.54, 1.807) is 24.6 Å². The molecule has 2 aliphatic rings. The van der Waals surface area contributed by atoms with Crippen LogP contribution in [-0.4, -0.2) is 52.4 Å². The number of carbonyl (C=O) groups excluding carboxylic acids is 2. The maximum absolute atomic E-state index is 14.0. The van der Waals surface area contributed by atoms with Gasteiger partial charge in [-0.3, -0.25) is 14.6 Å². The number of hydrogen-bond donors (Lipinski definition) is 2. The minimum absolute atomic E-state index is 0.0489. The van der Waals surface area contributed by atoms with Crippen molar-refractivity contribution in [3.63, 3.8) is 0 Å². The number of nitrogens with one attached hydrogen (secondary N) is 2. The zero-order valence-corrected chi connectivity index (χ0v) is 21.9. The smallest absolute Gasteiger partial charge is 0.246 e. The normalized spacial score (nSPS) is 20.4. The second kappa shape index (κ2) is 11.0. The first-order valence-electron chi connectivity index (χ1n) is 13.1. The average molecular weight is 506 g/mol. The third-order valence-corrected chi connectivity index (χ3v) is 8.86. The van der Waals surface area contributed by atoms with Gasteiger partial charge in [0.15, 0.2) is 0 Å². The number of nitrogens with zero attached hydrogens (tertiary/aromatic N) is 3. The topological polar surface area (TPSA) is 87.2 Å². The molecule has 0 spiro atoms. The molecule has 0 radical (unpaired) electrons. The number of likely N-dealkylation sites (N-methyl/N-ethyl adjacent to an activating group) is 1. The Balaban J connectivity index is 1.44. The molecule has 2 N–H and O–H groups in total. The van der Waals surface area contributed by atoms with E-state index in [1.807, 2.05) is 24.1 Å². The van der Waals surface area contributed by atoms with Crippen molar-refractivity contribution >= 4 is 33.4 Å². The van der Waals surface area contributed by atoms with Gasteiger partial charge in [0.05, 0.1) is 22.3 Å². The van der Waals surface area contributed by atoms with E-state index in [0.29, 0.717) is 6.54 Å². The van der Waals surface area contributed by atoms with E-state index < -0.39 is 6.04 Å². The third-order valence-electron chi connectivity index (χ3n) is 7.74. The maximum Gasteiger partial charge on any atom is 0.246 e. The number of amides is 2. The Morgan fingerprint density at radius 1 is 1.08 bits per heavy atom. The van der Waals surface area contributed by atoms with E-state index in [0.717, 1.165) is 64.9 Å². The number of para-hydroxylation sites is 1. The molecule has 3 aromatic rings. The Kier molecular flexibility index (Phi) is 7.62. The van der Waals surface area contributed by atoms with Crippen molar-refractivity contribution in [2.75, 3.05) is 13.6 Å². The van der Waals surface area contributed by atoms with Gasteiger partial charge >= 0.3 is 0 Å². The van der Waals surface area contributed by atoms with Crippen LogP contribution < -0.4 is 10.6 Å². The fourth-order valence-corrected chi connectivity index (χ4v) is 6.73. The standard InChI is InChI=1S/C28H35N5O2S/c1-18(29-2)26(34)31-24(19-9-4-3-5-10-19)28(35)33-16-8-13-22(33)27-32-25-21(12-6-14-23(25)36-27)20-11-7-15-30-17-20/h6-7,11-12,14-15,17-19,22,24,29H,3-5,8-10,13,16H2,1-2H3,(H,31,34)/t18-,22-,24?/m0/s1. The highest BCUT2D eigenvalue weighted by atomic mass is 32.1. The average Bonchev–Trinajstić information content (AvgIpc) is 3.59. The number of thiazole rings is 1. The molecule has 5 rings (SSSR count). The minimum Gasteiger partial charge on any atom is -0.343 e. The van der Waals surface area contributed by atoms with Gasteiger partial charge in [0.25, 0.3) is 0 Å². The van der Waals surface area contributed by atoms with Gasteiger partial charge in [-0.05, 0) is 57.7 Å². The van der Waals surface area contributed by atoms with Crippen LogP contribution in [0.25, 0.3) is 21.3 Å². The van der Waals surface area contributed by atoms with E-state index in [-0.39, 0.29) is 29.8 Å². The van der Waals surface area contributed by atoms with Crippen LogP contribution in [0.15, 0.2) is 42.7 Å². The highest BCUT2D eigenvalue weighted by Gasteiger charge is 2.40. The van der Waals surface area contributed by atoms with Crippen molar-refractivity contribution < 1.29 is 9.59 Å². The number of hydrogen-bond acceptors (Lipinski definition) is 6. The van der Waals surface area contributed by atoms with Crippen LogP contribution in [-0.2, 0) is 9.59 Å². The first kappa shape index (κ1) is 24.8. The summed E-state index contributed by atoms with van der Waals surface area (Å²) in [5.41, 5.74) is 3.06. The summed E-state index contributed by atoms with van der Waals surface area (Å²) < 4.78 is 1.12. The van der Waals surface area contributed by atoms with Crippen LogP contribution in [0.4, 0.5) is 0 Å². The molecule has 0 bridgehead atoms. The van der Waals surface area contributed by atoms with Crippen molar-refractivity contribution in [3.8, 4) is 11.1 Å². The Bertz CT molecular complexity index is 1210. The molecule has 36 heavy (non-hydrogen) atoms. The Morgan fingerprint density at radius 3 is 2.67 bits per heavy atom. The summed E-state index contributed by atoms with van der Waals surface area (Å²) >= 11 is 1.67. The van der Waals surface area contributed by atoms with Gasteiger partial charge in [-0.25, -0.2) is 4.98 Å². The summed E-state index contributed by atoms with van der Waals surface area (Å²) in [5.74, 6) is 0.124. The number of pyridine rings is 1. The number of benzene rings is 1. The number of aromatic nitrogens is 2. The van der Waals surface area contributed by atoms with Crippen LogP contribution in [0.2, 0.25) is 0 Å². The highest BCUT2D eigenvalue weighted by Crippen LogP contribution is 2.40. The first-order valence-corrected chi connectivity index (χ1v) is 14.0. The Hall–Kier alpha value is -2.84. The van der Waals surface area contributed by atoms with Gasteiger partial charge in [0.1, 0.15) is 11.0 Å². The molecular formula is C28H35N5O2S. The quantitative estimate of drug-likeness (QED) is 0.486. The van der Waals surface area contributed by atoms with Crippen molar-refractivity contribution in [2.24, 2.45) is 5.92 Å². The number of likely N-dealkylation sites (tertiary alicyclic amines) is 1. The molecule has 1 aromatic carbocycles. The molecule has 2 aromatic heterocycles. The monoisotopic (exact) mass is 505 g/mol. The Morgan fingerprint density at radius 2 is 1.92 bits per heavy atom. The molecule has 1 unspecified atom stereocenters. The second-order valence-corrected chi connectivity index (χ2v) is 11.1. The molecule has 1 saturated heterocycles. The lowest BCUT2D eigenvalue weighted by Gasteiger charge is -2.35. The summed E-state index contributed by atoms with van der Waals surface area (Å²) in [7, 11) is 1.77. The molecule has 3 heterocycles. The van der Waals surface area contributed by atoms with Crippen molar-refractivity contribution in [2.45, 2.75) is 70.0 Å². The van der Waals surface area contributed by atoms with Crippen molar-refractivity contribution in [1.82, 2.24) is 25.5 Å². The summed E-state index contributed by atoms with van der Waals surface area (Å²) in [6.07, 6.45) is 10.9. The Labute approximate surface area is 216 Å².